The molecule has 1 saturated carbocycles. The van der Waals surface area contributed by atoms with Crippen molar-refractivity contribution in [2.45, 2.75) is 31.6 Å². The van der Waals surface area contributed by atoms with Gasteiger partial charge in [0.15, 0.2) is 5.82 Å². The quantitative estimate of drug-likeness (QED) is 0.903. The van der Waals surface area contributed by atoms with Crippen LogP contribution in [0.5, 0.6) is 0 Å². The van der Waals surface area contributed by atoms with Crippen LogP contribution >= 0.6 is 11.6 Å². The molecule has 98 valence electrons. The molecule has 7 heteroatoms. The lowest BCUT2D eigenvalue weighted by Gasteiger charge is -2.27. The van der Waals surface area contributed by atoms with Crippen molar-refractivity contribution in [3.05, 3.63) is 17.5 Å². The van der Waals surface area contributed by atoms with Gasteiger partial charge in [-0.25, -0.2) is 18.7 Å². The van der Waals surface area contributed by atoms with Crippen molar-refractivity contribution in [1.82, 2.24) is 9.97 Å². The number of amides is 1. The summed E-state index contributed by atoms with van der Waals surface area (Å²) in [6.07, 6.45) is 2.55. The van der Waals surface area contributed by atoms with Gasteiger partial charge < -0.3 is 5.32 Å². The van der Waals surface area contributed by atoms with Gasteiger partial charge in [-0.05, 0) is 12.8 Å². The molecular formula is C11H12ClF2N3O. The Hall–Kier alpha value is -1.30. The lowest BCUT2D eigenvalue weighted by molar-refractivity contribution is -0.124. The molecule has 1 aliphatic rings. The highest BCUT2D eigenvalue weighted by Gasteiger charge is 2.37. The molecule has 1 fully saturated rings. The van der Waals surface area contributed by atoms with Crippen LogP contribution in [0.3, 0.4) is 0 Å². The van der Waals surface area contributed by atoms with Crippen LogP contribution in [0.15, 0.2) is 12.4 Å². The summed E-state index contributed by atoms with van der Waals surface area (Å²) in [5.74, 6) is -3.03. The summed E-state index contributed by atoms with van der Waals surface area (Å²) in [5, 5.41) is 2.78. The Labute approximate surface area is 108 Å². The molecule has 0 atom stereocenters. The zero-order valence-corrected chi connectivity index (χ0v) is 10.3. The highest BCUT2D eigenvalue weighted by molar-refractivity contribution is 6.29. The second-order valence-corrected chi connectivity index (χ2v) is 4.73. The lowest BCUT2D eigenvalue weighted by Crippen LogP contribution is -2.32. The Morgan fingerprint density at radius 3 is 2.56 bits per heavy atom. The third-order valence-corrected chi connectivity index (χ3v) is 3.15. The molecule has 0 radical (unpaired) electrons. The topological polar surface area (TPSA) is 54.9 Å². The first-order chi connectivity index (χ1) is 8.46. The molecule has 1 amide bonds. The SMILES string of the molecule is O=C(Nc1cnc(Cl)cn1)C1CCC(F)(F)CC1. The Morgan fingerprint density at radius 2 is 2.00 bits per heavy atom. The van der Waals surface area contributed by atoms with E-state index in [1.807, 2.05) is 0 Å². The normalized spacial score (nSPS) is 19.5. The highest BCUT2D eigenvalue weighted by atomic mass is 35.5. The van der Waals surface area contributed by atoms with Gasteiger partial charge in [0.2, 0.25) is 11.8 Å². The first-order valence-corrected chi connectivity index (χ1v) is 6.00. The summed E-state index contributed by atoms with van der Waals surface area (Å²) in [4.78, 5) is 19.4. The van der Waals surface area contributed by atoms with E-state index in [1.165, 1.54) is 12.4 Å². The number of hydrogen-bond donors (Lipinski definition) is 1. The van der Waals surface area contributed by atoms with Crippen LogP contribution in [-0.2, 0) is 4.79 Å². The van der Waals surface area contributed by atoms with E-state index in [4.69, 9.17) is 11.6 Å². The second-order valence-electron chi connectivity index (χ2n) is 4.34. The van der Waals surface area contributed by atoms with E-state index in [0.29, 0.717) is 0 Å². The fourth-order valence-electron chi connectivity index (χ4n) is 1.91. The number of nitrogens with one attached hydrogen (secondary N) is 1. The molecule has 1 aromatic heterocycles. The third kappa shape index (κ3) is 3.35. The molecule has 0 aromatic carbocycles. The predicted molar refractivity (Wildman–Crippen MR) is 62.6 cm³/mol. The summed E-state index contributed by atoms with van der Waals surface area (Å²) in [5.41, 5.74) is 0. The van der Waals surface area contributed by atoms with Gasteiger partial charge in [0, 0.05) is 18.8 Å². The van der Waals surface area contributed by atoms with E-state index in [2.05, 4.69) is 15.3 Å². The van der Waals surface area contributed by atoms with Crippen molar-refractivity contribution >= 4 is 23.3 Å². The smallest absolute Gasteiger partial charge is 0.248 e. The average molecular weight is 276 g/mol. The molecule has 0 saturated heterocycles. The molecule has 1 heterocycles. The lowest BCUT2D eigenvalue weighted by atomic mass is 9.86. The van der Waals surface area contributed by atoms with Gasteiger partial charge in [-0.3, -0.25) is 4.79 Å². The van der Waals surface area contributed by atoms with Gasteiger partial charge in [0.05, 0.1) is 12.4 Å². The molecule has 18 heavy (non-hydrogen) atoms. The van der Waals surface area contributed by atoms with Crippen molar-refractivity contribution in [3.63, 3.8) is 0 Å². The molecule has 0 unspecified atom stereocenters. The van der Waals surface area contributed by atoms with Crippen LogP contribution in [0.1, 0.15) is 25.7 Å². The molecule has 0 spiro atoms. The van der Waals surface area contributed by atoms with Crippen LogP contribution in [-0.4, -0.2) is 21.8 Å². The maximum Gasteiger partial charge on any atom is 0.248 e. The van der Waals surface area contributed by atoms with Crippen molar-refractivity contribution in [3.8, 4) is 0 Å². The maximum absolute atomic E-state index is 12.9. The molecule has 2 rings (SSSR count). The number of aromatic nitrogens is 2. The Kier molecular flexibility index (Phi) is 3.75. The molecule has 1 aliphatic carbocycles. The molecule has 4 nitrogen and oxygen atoms in total. The van der Waals surface area contributed by atoms with E-state index >= 15 is 0 Å². The highest BCUT2D eigenvalue weighted by Crippen LogP contribution is 2.36. The summed E-state index contributed by atoms with van der Waals surface area (Å²) in [6.45, 7) is 0. The number of halogens is 3. The number of hydrogen-bond acceptors (Lipinski definition) is 3. The van der Waals surface area contributed by atoms with Crippen LogP contribution in [0.25, 0.3) is 0 Å². The summed E-state index contributed by atoms with van der Waals surface area (Å²) in [7, 11) is 0. The first kappa shape index (κ1) is 13.1. The largest absolute Gasteiger partial charge is 0.309 e. The number of carbonyl (C=O) groups excluding carboxylic acids is 1. The van der Waals surface area contributed by atoms with Crippen molar-refractivity contribution < 1.29 is 13.6 Å². The Balaban J connectivity index is 1.91. The van der Waals surface area contributed by atoms with E-state index < -0.39 is 5.92 Å². The van der Waals surface area contributed by atoms with Crippen molar-refractivity contribution in [2.24, 2.45) is 5.92 Å². The second kappa shape index (κ2) is 5.14. The fraction of sp³-hybridized carbons (Fsp3) is 0.545. The summed E-state index contributed by atoms with van der Waals surface area (Å²) in [6, 6.07) is 0. The van der Waals surface area contributed by atoms with Gasteiger partial charge >= 0.3 is 0 Å². The monoisotopic (exact) mass is 275 g/mol. The third-order valence-electron chi connectivity index (χ3n) is 2.96. The number of alkyl halides is 2. The van der Waals surface area contributed by atoms with Gasteiger partial charge in [0.1, 0.15) is 5.15 Å². The number of carbonyl (C=O) groups is 1. The first-order valence-electron chi connectivity index (χ1n) is 5.62. The van der Waals surface area contributed by atoms with Crippen LogP contribution in [0.4, 0.5) is 14.6 Å². The molecule has 1 aromatic rings. The van der Waals surface area contributed by atoms with Gasteiger partial charge in [-0.15, -0.1) is 0 Å². The van der Waals surface area contributed by atoms with Crippen LogP contribution in [0, 0.1) is 5.92 Å². The standard InChI is InChI=1S/C11H12ClF2N3O/c12-8-5-16-9(6-15-8)17-10(18)7-1-3-11(13,14)4-2-7/h5-7H,1-4H2,(H,16,17,18). The molecule has 0 bridgehead atoms. The van der Waals surface area contributed by atoms with Gasteiger partial charge in [-0.2, -0.15) is 0 Å². The van der Waals surface area contributed by atoms with E-state index in [0.717, 1.165) is 0 Å². The Bertz CT molecular complexity index is 428. The molecule has 0 aliphatic heterocycles. The molecular weight excluding hydrogens is 264 g/mol. The zero-order valence-electron chi connectivity index (χ0n) is 9.50. The van der Waals surface area contributed by atoms with E-state index in [1.54, 1.807) is 0 Å². The fourth-order valence-corrected chi connectivity index (χ4v) is 2.01. The van der Waals surface area contributed by atoms with Crippen LogP contribution in [0.2, 0.25) is 5.15 Å². The Morgan fingerprint density at radius 1 is 1.33 bits per heavy atom. The summed E-state index contributed by atoms with van der Waals surface area (Å²) < 4.78 is 25.9. The van der Waals surface area contributed by atoms with Crippen molar-refractivity contribution in [2.75, 3.05) is 5.32 Å². The van der Waals surface area contributed by atoms with E-state index in [-0.39, 0.29) is 48.5 Å². The minimum Gasteiger partial charge on any atom is -0.309 e. The number of nitrogens with zero attached hydrogens (tertiary/aromatic N) is 2. The minimum atomic E-state index is -2.63. The van der Waals surface area contributed by atoms with E-state index in [9.17, 15) is 13.6 Å². The molecule has 1 N–H and O–H groups in total. The maximum atomic E-state index is 12.9. The summed E-state index contributed by atoms with van der Waals surface area (Å²) >= 11 is 5.56. The minimum absolute atomic E-state index is 0.194. The van der Waals surface area contributed by atoms with Crippen molar-refractivity contribution in [1.29, 1.82) is 0 Å². The predicted octanol–water partition coefficient (Wildman–Crippen LogP) is 2.89. The van der Waals surface area contributed by atoms with Gasteiger partial charge in [0.25, 0.3) is 0 Å². The zero-order chi connectivity index (χ0) is 13.2. The van der Waals surface area contributed by atoms with Gasteiger partial charge in [-0.1, -0.05) is 11.6 Å². The average Bonchev–Trinajstić information content (AvgIpc) is 2.32. The number of anilines is 1. The number of rotatable bonds is 2. The van der Waals surface area contributed by atoms with Crippen LogP contribution < -0.4 is 5.32 Å².